The maximum atomic E-state index is 11.9. The lowest BCUT2D eigenvalue weighted by Gasteiger charge is -2.45. The number of likely N-dealkylation sites (N-methyl/N-ethyl adjacent to an activating group) is 1. The van der Waals surface area contributed by atoms with E-state index in [1.54, 1.807) is 0 Å². The van der Waals surface area contributed by atoms with Gasteiger partial charge in [0.05, 0.1) is 13.2 Å². The lowest BCUT2D eigenvalue weighted by atomic mass is 9.94. The number of piperidine rings is 1. The molecule has 2 amide bonds. The molecule has 2 aliphatic rings. The number of hydrogen-bond acceptors (Lipinski definition) is 5. The summed E-state index contributed by atoms with van der Waals surface area (Å²) in [5, 5.41) is 0. The monoisotopic (exact) mass is 240 g/mol. The van der Waals surface area contributed by atoms with Crippen molar-refractivity contribution in [3.8, 4) is 0 Å². The van der Waals surface area contributed by atoms with Gasteiger partial charge in [-0.1, -0.05) is 0 Å². The van der Waals surface area contributed by atoms with E-state index in [9.17, 15) is 14.4 Å². The molecule has 2 rings (SSSR count). The van der Waals surface area contributed by atoms with Gasteiger partial charge in [-0.25, -0.2) is 0 Å². The van der Waals surface area contributed by atoms with Crippen LogP contribution in [0.5, 0.6) is 0 Å². The second kappa shape index (κ2) is 4.44. The van der Waals surface area contributed by atoms with Crippen LogP contribution in [-0.4, -0.2) is 60.4 Å². The Morgan fingerprint density at radius 2 is 2.06 bits per heavy atom. The van der Waals surface area contributed by atoms with Gasteiger partial charge in [-0.05, 0) is 12.8 Å². The van der Waals surface area contributed by atoms with Crippen LogP contribution >= 0.6 is 0 Å². The number of imide groups is 1. The van der Waals surface area contributed by atoms with E-state index in [2.05, 4.69) is 4.74 Å². The molecule has 0 radical (unpaired) electrons. The number of hydrogen-bond donors (Lipinski definition) is 0. The first-order valence-electron chi connectivity index (χ1n) is 5.70. The standard InChI is InChI=1S/C11H16N2O4/c1-12-9(14)4-3-7(10(12)15)13-6-5-8(13)11(16)17-2/h7-8H,3-6H2,1-2H3. The fourth-order valence-electron chi connectivity index (χ4n) is 2.38. The van der Waals surface area contributed by atoms with Crippen molar-refractivity contribution in [2.75, 3.05) is 20.7 Å². The fraction of sp³-hybridized carbons (Fsp3) is 0.727. The van der Waals surface area contributed by atoms with E-state index in [0.717, 1.165) is 4.90 Å². The summed E-state index contributed by atoms with van der Waals surface area (Å²) in [5.41, 5.74) is 0. The van der Waals surface area contributed by atoms with Crippen molar-refractivity contribution in [1.29, 1.82) is 0 Å². The van der Waals surface area contributed by atoms with Crippen LogP contribution in [0.2, 0.25) is 0 Å². The number of nitrogens with zero attached hydrogens (tertiary/aromatic N) is 2. The van der Waals surface area contributed by atoms with Crippen molar-refractivity contribution in [3.63, 3.8) is 0 Å². The van der Waals surface area contributed by atoms with Gasteiger partial charge in [0, 0.05) is 20.0 Å². The maximum absolute atomic E-state index is 11.9. The zero-order valence-corrected chi connectivity index (χ0v) is 10.0. The Bertz CT molecular complexity index is 368. The molecule has 6 nitrogen and oxygen atoms in total. The number of esters is 1. The van der Waals surface area contributed by atoms with Crippen molar-refractivity contribution >= 4 is 17.8 Å². The zero-order valence-electron chi connectivity index (χ0n) is 10.0. The van der Waals surface area contributed by atoms with E-state index >= 15 is 0 Å². The molecule has 6 heteroatoms. The van der Waals surface area contributed by atoms with Crippen LogP contribution < -0.4 is 0 Å². The highest BCUT2D eigenvalue weighted by molar-refractivity contribution is 6.00. The van der Waals surface area contributed by atoms with Crippen molar-refractivity contribution in [3.05, 3.63) is 0 Å². The number of carbonyl (C=O) groups excluding carboxylic acids is 3. The molecular formula is C11H16N2O4. The van der Waals surface area contributed by atoms with Gasteiger partial charge in [0.2, 0.25) is 11.8 Å². The fourth-order valence-corrected chi connectivity index (χ4v) is 2.38. The molecule has 0 N–H and O–H groups in total. The molecule has 17 heavy (non-hydrogen) atoms. The summed E-state index contributed by atoms with van der Waals surface area (Å²) in [5.74, 6) is -0.667. The average Bonchev–Trinajstić information content (AvgIpc) is 2.28. The minimum absolute atomic E-state index is 0.151. The number of methoxy groups -OCH3 is 1. The van der Waals surface area contributed by atoms with E-state index in [-0.39, 0.29) is 29.9 Å². The molecule has 0 aliphatic carbocycles. The second-order valence-corrected chi connectivity index (χ2v) is 4.41. The molecular weight excluding hydrogens is 224 g/mol. The summed E-state index contributed by atoms with van der Waals surface area (Å²) in [6.45, 7) is 0.707. The minimum atomic E-state index is -0.351. The van der Waals surface area contributed by atoms with Crippen LogP contribution in [0.15, 0.2) is 0 Å². The third kappa shape index (κ3) is 1.93. The first kappa shape index (κ1) is 12.0. The van der Waals surface area contributed by atoms with Gasteiger partial charge in [0.1, 0.15) is 6.04 Å². The normalized spacial score (nSPS) is 30.1. The summed E-state index contributed by atoms with van der Waals surface area (Å²) >= 11 is 0. The molecule has 2 atom stereocenters. The first-order chi connectivity index (χ1) is 8.06. The van der Waals surface area contributed by atoms with E-state index in [1.165, 1.54) is 14.2 Å². The molecule has 0 aromatic heterocycles. The maximum Gasteiger partial charge on any atom is 0.323 e. The van der Waals surface area contributed by atoms with Crippen LogP contribution in [0.1, 0.15) is 19.3 Å². The number of ether oxygens (including phenoxy) is 1. The van der Waals surface area contributed by atoms with E-state index in [4.69, 9.17) is 0 Å². The molecule has 2 unspecified atom stereocenters. The predicted octanol–water partition coefficient (Wildman–Crippen LogP) is -0.619. The molecule has 0 saturated carbocycles. The van der Waals surface area contributed by atoms with E-state index < -0.39 is 0 Å². The van der Waals surface area contributed by atoms with Crippen LogP contribution in [0.3, 0.4) is 0 Å². The van der Waals surface area contributed by atoms with E-state index in [0.29, 0.717) is 25.8 Å². The van der Waals surface area contributed by atoms with Gasteiger partial charge in [-0.2, -0.15) is 0 Å². The highest BCUT2D eigenvalue weighted by atomic mass is 16.5. The molecule has 94 valence electrons. The average molecular weight is 240 g/mol. The Morgan fingerprint density at radius 3 is 2.59 bits per heavy atom. The molecule has 2 saturated heterocycles. The van der Waals surface area contributed by atoms with Gasteiger partial charge in [-0.3, -0.25) is 24.2 Å². The highest BCUT2D eigenvalue weighted by Gasteiger charge is 2.45. The van der Waals surface area contributed by atoms with Gasteiger partial charge >= 0.3 is 5.97 Å². The van der Waals surface area contributed by atoms with Crippen LogP contribution in [0, 0.1) is 0 Å². The van der Waals surface area contributed by atoms with Gasteiger partial charge in [-0.15, -0.1) is 0 Å². The number of rotatable bonds is 2. The third-order valence-corrected chi connectivity index (χ3v) is 3.56. The summed E-state index contributed by atoms with van der Waals surface area (Å²) in [7, 11) is 2.83. The molecule has 2 fully saturated rings. The molecule has 0 aromatic rings. The first-order valence-corrected chi connectivity index (χ1v) is 5.70. The Morgan fingerprint density at radius 1 is 1.35 bits per heavy atom. The molecule has 2 aliphatic heterocycles. The lowest BCUT2D eigenvalue weighted by Crippen LogP contribution is -2.63. The Labute approximate surface area is 99.5 Å². The van der Waals surface area contributed by atoms with Crippen LogP contribution in [0.25, 0.3) is 0 Å². The van der Waals surface area contributed by atoms with Crippen molar-refractivity contribution in [1.82, 2.24) is 9.80 Å². The second-order valence-electron chi connectivity index (χ2n) is 4.41. The van der Waals surface area contributed by atoms with Crippen molar-refractivity contribution in [2.24, 2.45) is 0 Å². The van der Waals surface area contributed by atoms with Gasteiger partial charge in [0.15, 0.2) is 0 Å². The van der Waals surface area contributed by atoms with E-state index in [1.807, 2.05) is 4.90 Å². The largest absolute Gasteiger partial charge is 0.468 e. The SMILES string of the molecule is COC(=O)C1CCN1C1CCC(=O)N(C)C1=O. The molecule has 0 spiro atoms. The summed E-state index contributed by atoms with van der Waals surface area (Å²) in [6, 6.07) is -0.675. The lowest BCUT2D eigenvalue weighted by molar-refractivity contribution is -0.161. The Hall–Kier alpha value is -1.43. The third-order valence-electron chi connectivity index (χ3n) is 3.56. The minimum Gasteiger partial charge on any atom is -0.468 e. The van der Waals surface area contributed by atoms with Crippen molar-refractivity contribution < 1.29 is 19.1 Å². The zero-order chi connectivity index (χ0) is 12.6. The Balaban J connectivity index is 2.06. The van der Waals surface area contributed by atoms with Crippen LogP contribution in [0.4, 0.5) is 0 Å². The number of amides is 2. The smallest absolute Gasteiger partial charge is 0.323 e. The van der Waals surface area contributed by atoms with Crippen molar-refractivity contribution in [2.45, 2.75) is 31.3 Å². The van der Waals surface area contributed by atoms with Gasteiger partial charge < -0.3 is 4.74 Å². The van der Waals surface area contributed by atoms with Crippen LogP contribution in [-0.2, 0) is 19.1 Å². The van der Waals surface area contributed by atoms with Gasteiger partial charge in [0.25, 0.3) is 0 Å². The Kier molecular flexibility index (Phi) is 3.15. The number of likely N-dealkylation sites (tertiary alicyclic amines) is 2. The highest BCUT2D eigenvalue weighted by Crippen LogP contribution is 2.27. The number of carbonyl (C=O) groups is 3. The summed E-state index contributed by atoms with van der Waals surface area (Å²) < 4.78 is 4.69. The molecule has 0 bridgehead atoms. The quantitative estimate of drug-likeness (QED) is 0.475. The summed E-state index contributed by atoms with van der Waals surface area (Å²) in [6.07, 6.45) is 1.57. The summed E-state index contributed by atoms with van der Waals surface area (Å²) in [4.78, 5) is 37.7. The molecule has 2 heterocycles. The molecule has 0 aromatic carbocycles. The topological polar surface area (TPSA) is 66.9 Å². The predicted molar refractivity (Wildman–Crippen MR) is 57.9 cm³/mol.